The maximum atomic E-state index is 12.3. The minimum atomic E-state index is -4.67. The second-order valence-corrected chi connectivity index (χ2v) is 2.87. The molecular weight excluding hydrogens is 214 g/mol. The van der Waals surface area contributed by atoms with Gasteiger partial charge in [-0.15, -0.1) is 0 Å². The third kappa shape index (κ3) is 1.95. The molecule has 0 unspecified atom stereocenters. The molecule has 5 nitrogen and oxygen atoms in total. The molecule has 9 heteroatoms. The van der Waals surface area contributed by atoms with E-state index >= 15 is 0 Å². The Morgan fingerprint density at radius 1 is 1.60 bits per heavy atom. The molecule has 0 amide bonds. The van der Waals surface area contributed by atoms with Crippen LogP contribution in [-0.4, -0.2) is 22.3 Å². The number of halogens is 3. The first-order valence-corrected chi connectivity index (χ1v) is 4.06. The molecule has 0 bridgehead atoms. The fourth-order valence-electron chi connectivity index (χ4n) is 1.31. The van der Waals surface area contributed by atoms with E-state index in [1.807, 2.05) is 0 Å². The SMILES string of the molecule is BCc1c([N+](=O)[O-])nc(C(F)(F)F)n1C. The van der Waals surface area contributed by atoms with E-state index in [4.69, 9.17) is 0 Å². The molecule has 1 heterocycles. The van der Waals surface area contributed by atoms with Crippen LogP contribution >= 0.6 is 0 Å². The number of hydrogen-bond donors (Lipinski definition) is 0. The molecule has 0 aromatic carbocycles. The van der Waals surface area contributed by atoms with E-state index < -0.39 is 22.7 Å². The Labute approximate surface area is 83.5 Å². The van der Waals surface area contributed by atoms with Crippen LogP contribution in [0.4, 0.5) is 19.0 Å². The van der Waals surface area contributed by atoms with Gasteiger partial charge in [0, 0.05) is 7.05 Å². The molecule has 0 N–H and O–H groups in total. The predicted molar refractivity (Wildman–Crippen MR) is 47.1 cm³/mol. The lowest BCUT2D eigenvalue weighted by atomic mass is 10.0. The van der Waals surface area contributed by atoms with Gasteiger partial charge in [-0.3, -0.25) is 0 Å². The van der Waals surface area contributed by atoms with Crippen LogP contribution in [0.15, 0.2) is 0 Å². The topological polar surface area (TPSA) is 61.0 Å². The Balaban J connectivity index is 3.40. The highest BCUT2D eigenvalue weighted by molar-refractivity contribution is 6.08. The van der Waals surface area contributed by atoms with Crippen molar-refractivity contribution in [3.63, 3.8) is 0 Å². The first kappa shape index (κ1) is 11.5. The maximum Gasteiger partial charge on any atom is 0.475 e. The molecule has 1 aromatic rings. The molecule has 1 aromatic heterocycles. The van der Waals surface area contributed by atoms with Gasteiger partial charge in [0.1, 0.15) is 13.5 Å². The van der Waals surface area contributed by atoms with E-state index in [1.165, 1.54) is 7.85 Å². The van der Waals surface area contributed by atoms with Gasteiger partial charge in [0.25, 0.3) is 0 Å². The van der Waals surface area contributed by atoms with Gasteiger partial charge in [-0.05, 0) is 16.2 Å². The lowest BCUT2D eigenvalue weighted by Crippen LogP contribution is -2.13. The van der Waals surface area contributed by atoms with E-state index in [2.05, 4.69) is 4.98 Å². The fourth-order valence-corrected chi connectivity index (χ4v) is 1.31. The zero-order valence-corrected chi connectivity index (χ0v) is 8.00. The van der Waals surface area contributed by atoms with Crippen LogP contribution in [0, 0.1) is 10.1 Å². The van der Waals surface area contributed by atoms with Crippen molar-refractivity contribution in [2.24, 2.45) is 7.05 Å². The average molecular weight is 221 g/mol. The van der Waals surface area contributed by atoms with Crippen molar-refractivity contribution in [3.8, 4) is 0 Å². The van der Waals surface area contributed by atoms with Gasteiger partial charge in [0.05, 0.1) is 0 Å². The van der Waals surface area contributed by atoms with Crippen LogP contribution in [0.5, 0.6) is 0 Å². The minimum absolute atomic E-state index is 0.0349. The molecule has 0 aliphatic rings. The summed E-state index contributed by atoms with van der Waals surface area (Å²) in [4.78, 5) is 12.5. The summed E-state index contributed by atoms with van der Waals surface area (Å²) >= 11 is 0. The molecule has 0 spiro atoms. The molecule has 0 atom stereocenters. The van der Waals surface area contributed by atoms with Crippen LogP contribution in [0.25, 0.3) is 0 Å². The molecule has 0 aliphatic heterocycles. The van der Waals surface area contributed by atoms with Crippen molar-refractivity contribution in [2.45, 2.75) is 12.5 Å². The first-order valence-electron chi connectivity index (χ1n) is 4.06. The molecule has 82 valence electrons. The highest BCUT2D eigenvalue weighted by atomic mass is 19.4. The third-order valence-corrected chi connectivity index (χ3v) is 1.95. The predicted octanol–water partition coefficient (Wildman–Crippen LogP) is 0.480. The highest BCUT2D eigenvalue weighted by Gasteiger charge is 2.43. The highest BCUT2D eigenvalue weighted by Crippen LogP contribution is 2.31. The van der Waals surface area contributed by atoms with E-state index in [1.54, 1.807) is 0 Å². The van der Waals surface area contributed by atoms with E-state index in [0.717, 1.165) is 7.05 Å². The zero-order valence-electron chi connectivity index (χ0n) is 8.00. The van der Waals surface area contributed by atoms with Crippen molar-refractivity contribution >= 4 is 13.7 Å². The van der Waals surface area contributed by atoms with E-state index in [0.29, 0.717) is 4.57 Å². The summed E-state index contributed by atoms with van der Waals surface area (Å²) in [5.74, 6) is -1.97. The van der Waals surface area contributed by atoms with Crippen LogP contribution in [0.2, 0.25) is 0 Å². The van der Waals surface area contributed by atoms with Gasteiger partial charge in [-0.25, -0.2) is 0 Å². The van der Waals surface area contributed by atoms with Gasteiger partial charge in [-0.2, -0.15) is 13.2 Å². The van der Waals surface area contributed by atoms with Crippen LogP contribution in [-0.2, 0) is 19.5 Å². The van der Waals surface area contributed by atoms with Crippen molar-refractivity contribution in [1.29, 1.82) is 0 Å². The lowest BCUT2D eigenvalue weighted by Gasteiger charge is -2.02. The monoisotopic (exact) mass is 221 g/mol. The molecule has 0 saturated heterocycles. The van der Waals surface area contributed by atoms with Crippen LogP contribution < -0.4 is 0 Å². The molecule has 1 rings (SSSR count). The van der Waals surface area contributed by atoms with Crippen molar-refractivity contribution < 1.29 is 18.1 Å². The largest absolute Gasteiger partial charge is 0.475 e. The van der Waals surface area contributed by atoms with Crippen LogP contribution in [0.3, 0.4) is 0 Å². The summed E-state index contributed by atoms with van der Waals surface area (Å²) in [6, 6.07) is 0. The maximum absolute atomic E-state index is 12.3. The molecule has 15 heavy (non-hydrogen) atoms. The Bertz CT molecular complexity index is 401. The van der Waals surface area contributed by atoms with E-state index in [9.17, 15) is 23.3 Å². The zero-order chi connectivity index (χ0) is 11.8. The second kappa shape index (κ2) is 3.56. The lowest BCUT2D eigenvalue weighted by molar-refractivity contribution is -0.390. The Hall–Kier alpha value is -1.54. The van der Waals surface area contributed by atoms with Crippen molar-refractivity contribution in [3.05, 3.63) is 21.6 Å². The average Bonchev–Trinajstić information content (AvgIpc) is 2.41. The standard InChI is InChI=1S/C6H7BF3N3O2/c1-12-3(2-7)4(13(14)15)11-5(12)6(8,9)10/h2,7H2,1H3. The number of imidazole rings is 1. The number of nitro groups is 1. The number of hydrogen-bond acceptors (Lipinski definition) is 3. The summed E-state index contributed by atoms with van der Waals surface area (Å²) in [5, 5.41) is 10.4. The minimum Gasteiger partial charge on any atom is -0.358 e. The fraction of sp³-hybridized carbons (Fsp3) is 0.500. The van der Waals surface area contributed by atoms with Gasteiger partial charge in [0.2, 0.25) is 0 Å². The van der Waals surface area contributed by atoms with Gasteiger partial charge in [0.15, 0.2) is 0 Å². The van der Waals surface area contributed by atoms with Gasteiger partial charge >= 0.3 is 17.8 Å². The quantitative estimate of drug-likeness (QED) is 0.414. The number of aromatic nitrogens is 2. The third-order valence-electron chi connectivity index (χ3n) is 1.95. The molecule has 0 saturated carbocycles. The van der Waals surface area contributed by atoms with Crippen molar-refractivity contribution in [1.82, 2.24) is 9.55 Å². The number of rotatable bonds is 2. The second-order valence-electron chi connectivity index (χ2n) is 2.87. The molecule has 0 fully saturated rings. The molecule has 0 radical (unpaired) electrons. The molecule has 0 aliphatic carbocycles. The summed E-state index contributed by atoms with van der Waals surface area (Å²) in [6.45, 7) is 0. The van der Waals surface area contributed by atoms with Gasteiger partial charge in [-0.1, -0.05) is 0 Å². The summed E-state index contributed by atoms with van der Waals surface area (Å²) in [7, 11) is 2.64. The molecular formula is C6H7BF3N3O2. The smallest absolute Gasteiger partial charge is 0.358 e. The van der Waals surface area contributed by atoms with Crippen molar-refractivity contribution in [2.75, 3.05) is 0 Å². The van der Waals surface area contributed by atoms with Crippen LogP contribution in [0.1, 0.15) is 11.5 Å². The summed E-state index contributed by atoms with van der Waals surface area (Å²) < 4.78 is 37.7. The Morgan fingerprint density at radius 3 is 2.40 bits per heavy atom. The van der Waals surface area contributed by atoms with Gasteiger partial charge < -0.3 is 14.7 Å². The normalized spacial score (nSPS) is 11.7. The Kier molecular flexibility index (Phi) is 2.74. The Morgan fingerprint density at radius 2 is 2.13 bits per heavy atom. The summed E-state index contributed by atoms with van der Waals surface area (Å²) in [5.41, 5.74) is -0.0349. The number of nitrogens with zero attached hydrogens (tertiary/aromatic N) is 3. The van der Waals surface area contributed by atoms with E-state index in [-0.39, 0.29) is 12.0 Å². The summed E-state index contributed by atoms with van der Waals surface area (Å²) in [6.07, 6.45) is -4.55. The first-order chi connectivity index (χ1) is 6.79. The number of alkyl halides is 3.